The van der Waals surface area contributed by atoms with E-state index in [2.05, 4.69) is 10.4 Å². The van der Waals surface area contributed by atoms with Crippen molar-refractivity contribution in [2.75, 3.05) is 13.1 Å². The second kappa shape index (κ2) is 3.94. The maximum Gasteiger partial charge on any atom is 0.0827 e. The highest BCUT2D eigenvalue weighted by atomic mass is 16.3. The molecule has 1 aromatic heterocycles. The fourth-order valence-corrected chi connectivity index (χ4v) is 2.24. The van der Waals surface area contributed by atoms with Gasteiger partial charge in [-0.05, 0) is 31.9 Å². The minimum atomic E-state index is -0.587. The molecule has 0 radical (unpaired) electrons. The van der Waals surface area contributed by atoms with Gasteiger partial charge >= 0.3 is 0 Å². The molecule has 1 unspecified atom stereocenters. The van der Waals surface area contributed by atoms with Gasteiger partial charge in [-0.15, -0.1) is 0 Å². The van der Waals surface area contributed by atoms with Crippen molar-refractivity contribution >= 4 is 0 Å². The number of aryl methyl sites for hydroxylation is 2. The van der Waals surface area contributed by atoms with E-state index in [1.54, 1.807) is 0 Å². The Balaban J connectivity index is 2.13. The second-order valence-corrected chi connectivity index (χ2v) is 4.58. The first-order valence-electron chi connectivity index (χ1n) is 5.51. The van der Waals surface area contributed by atoms with E-state index in [9.17, 15) is 5.11 Å². The number of hydrogen-bond donors (Lipinski definition) is 2. The summed E-state index contributed by atoms with van der Waals surface area (Å²) in [7, 11) is 1.93. The number of β-amino-alcohol motifs (C(OH)–C–C–N with tert-alkyl or cyclic N) is 1. The molecule has 0 bridgehead atoms. The zero-order valence-electron chi connectivity index (χ0n) is 9.45. The van der Waals surface area contributed by atoms with Gasteiger partial charge in [-0.2, -0.15) is 5.10 Å². The summed E-state index contributed by atoms with van der Waals surface area (Å²) in [6.07, 6.45) is 4.48. The molecule has 1 aromatic rings. The molecule has 0 saturated carbocycles. The number of rotatable bonds is 2. The van der Waals surface area contributed by atoms with Gasteiger partial charge in [0.15, 0.2) is 0 Å². The summed E-state index contributed by atoms with van der Waals surface area (Å²) in [6, 6.07) is 0. The number of aromatic nitrogens is 2. The van der Waals surface area contributed by atoms with Crippen LogP contribution in [0.1, 0.15) is 24.1 Å². The predicted octanol–water partition coefficient (Wildman–Crippen LogP) is 0.386. The standard InChI is InChI=1S/C11H19N3O/c1-9-7-13-14(2)10(9)6-11(15)4-3-5-12-8-11/h7,12,15H,3-6,8H2,1-2H3. The van der Waals surface area contributed by atoms with E-state index in [0.717, 1.165) is 30.6 Å². The van der Waals surface area contributed by atoms with E-state index in [1.807, 2.05) is 24.9 Å². The predicted molar refractivity (Wildman–Crippen MR) is 58.7 cm³/mol. The molecule has 4 nitrogen and oxygen atoms in total. The van der Waals surface area contributed by atoms with Crippen molar-refractivity contribution in [2.45, 2.75) is 31.8 Å². The molecule has 1 fully saturated rings. The lowest BCUT2D eigenvalue weighted by Crippen LogP contribution is -2.47. The summed E-state index contributed by atoms with van der Waals surface area (Å²) < 4.78 is 1.86. The maximum absolute atomic E-state index is 10.4. The van der Waals surface area contributed by atoms with Gasteiger partial charge in [0, 0.05) is 25.7 Å². The van der Waals surface area contributed by atoms with Crippen LogP contribution in [-0.2, 0) is 13.5 Å². The van der Waals surface area contributed by atoms with Crippen LogP contribution in [0.4, 0.5) is 0 Å². The molecule has 0 aliphatic carbocycles. The van der Waals surface area contributed by atoms with Crippen LogP contribution in [0.25, 0.3) is 0 Å². The normalized spacial score (nSPS) is 26.9. The van der Waals surface area contributed by atoms with Crippen molar-refractivity contribution in [3.63, 3.8) is 0 Å². The van der Waals surface area contributed by atoms with E-state index >= 15 is 0 Å². The van der Waals surface area contributed by atoms with Gasteiger partial charge in [0.05, 0.1) is 11.8 Å². The Bertz CT molecular complexity index is 320. The fraction of sp³-hybridized carbons (Fsp3) is 0.727. The van der Waals surface area contributed by atoms with Crippen LogP contribution < -0.4 is 5.32 Å². The lowest BCUT2D eigenvalue weighted by Gasteiger charge is -2.32. The van der Waals surface area contributed by atoms with Crippen LogP contribution in [0.5, 0.6) is 0 Å². The highest BCUT2D eigenvalue weighted by molar-refractivity contribution is 5.18. The quantitative estimate of drug-likeness (QED) is 0.740. The van der Waals surface area contributed by atoms with E-state index < -0.39 is 5.60 Å². The molecule has 1 atom stereocenters. The Kier molecular flexibility index (Phi) is 2.80. The maximum atomic E-state index is 10.4. The van der Waals surface area contributed by atoms with Gasteiger partial charge in [-0.1, -0.05) is 0 Å². The SMILES string of the molecule is Cc1cnn(C)c1CC1(O)CCCNC1. The highest BCUT2D eigenvalue weighted by Gasteiger charge is 2.30. The zero-order chi connectivity index (χ0) is 10.9. The average Bonchev–Trinajstić information content (AvgIpc) is 2.50. The van der Waals surface area contributed by atoms with E-state index in [-0.39, 0.29) is 0 Å². The second-order valence-electron chi connectivity index (χ2n) is 4.58. The van der Waals surface area contributed by atoms with E-state index in [0.29, 0.717) is 13.0 Å². The van der Waals surface area contributed by atoms with Crippen molar-refractivity contribution < 1.29 is 5.11 Å². The van der Waals surface area contributed by atoms with Crippen molar-refractivity contribution in [1.29, 1.82) is 0 Å². The average molecular weight is 209 g/mol. The summed E-state index contributed by atoms with van der Waals surface area (Å²) >= 11 is 0. The zero-order valence-corrected chi connectivity index (χ0v) is 9.45. The van der Waals surface area contributed by atoms with Crippen molar-refractivity contribution in [2.24, 2.45) is 7.05 Å². The lowest BCUT2D eigenvalue weighted by molar-refractivity contribution is 0.0152. The molecule has 15 heavy (non-hydrogen) atoms. The first kappa shape index (κ1) is 10.6. The van der Waals surface area contributed by atoms with Crippen LogP contribution in [-0.4, -0.2) is 33.6 Å². The minimum Gasteiger partial charge on any atom is -0.388 e. The molecule has 0 amide bonds. The Morgan fingerprint density at radius 3 is 3.00 bits per heavy atom. The molecule has 1 aliphatic heterocycles. The minimum absolute atomic E-state index is 0.587. The first-order chi connectivity index (χ1) is 7.11. The van der Waals surface area contributed by atoms with Crippen LogP contribution in [0, 0.1) is 6.92 Å². The third kappa shape index (κ3) is 2.21. The van der Waals surface area contributed by atoms with Gasteiger partial charge in [0.1, 0.15) is 0 Å². The summed E-state index contributed by atoms with van der Waals surface area (Å²) in [6.45, 7) is 3.76. The monoisotopic (exact) mass is 209 g/mol. The molecule has 2 heterocycles. The van der Waals surface area contributed by atoms with Crippen LogP contribution in [0.2, 0.25) is 0 Å². The van der Waals surface area contributed by atoms with Crippen LogP contribution >= 0.6 is 0 Å². The Morgan fingerprint density at radius 2 is 2.47 bits per heavy atom. The summed E-state index contributed by atoms with van der Waals surface area (Å²) in [5, 5.41) is 17.8. The van der Waals surface area contributed by atoms with Crippen molar-refractivity contribution in [1.82, 2.24) is 15.1 Å². The van der Waals surface area contributed by atoms with Gasteiger partial charge < -0.3 is 10.4 Å². The van der Waals surface area contributed by atoms with Crippen LogP contribution in [0.15, 0.2) is 6.20 Å². The third-order valence-electron chi connectivity index (χ3n) is 3.22. The fourth-order valence-electron chi connectivity index (χ4n) is 2.24. The molecular weight excluding hydrogens is 190 g/mol. The number of hydrogen-bond acceptors (Lipinski definition) is 3. The molecular formula is C11H19N3O. The smallest absolute Gasteiger partial charge is 0.0827 e. The van der Waals surface area contributed by atoms with E-state index in [4.69, 9.17) is 0 Å². The van der Waals surface area contributed by atoms with Gasteiger partial charge in [-0.3, -0.25) is 4.68 Å². The molecule has 4 heteroatoms. The molecule has 84 valence electrons. The summed E-state index contributed by atoms with van der Waals surface area (Å²) in [5.74, 6) is 0. The van der Waals surface area contributed by atoms with Gasteiger partial charge in [-0.25, -0.2) is 0 Å². The third-order valence-corrected chi connectivity index (χ3v) is 3.22. The summed E-state index contributed by atoms with van der Waals surface area (Å²) in [5.41, 5.74) is 1.72. The number of nitrogens with zero attached hydrogens (tertiary/aromatic N) is 2. The first-order valence-corrected chi connectivity index (χ1v) is 5.51. The highest BCUT2D eigenvalue weighted by Crippen LogP contribution is 2.22. The Morgan fingerprint density at radius 1 is 1.67 bits per heavy atom. The molecule has 2 rings (SSSR count). The molecule has 2 N–H and O–H groups in total. The van der Waals surface area contributed by atoms with Gasteiger partial charge in [0.2, 0.25) is 0 Å². The molecule has 0 aromatic carbocycles. The Labute approximate surface area is 90.3 Å². The number of aliphatic hydroxyl groups is 1. The topological polar surface area (TPSA) is 50.1 Å². The number of nitrogens with one attached hydrogen (secondary N) is 1. The van der Waals surface area contributed by atoms with Crippen LogP contribution in [0.3, 0.4) is 0 Å². The van der Waals surface area contributed by atoms with Gasteiger partial charge in [0.25, 0.3) is 0 Å². The van der Waals surface area contributed by atoms with E-state index in [1.165, 1.54) is 0 Å². The molecule has 1 aliphatic rings. The summed E-state index contributed by atoms with van der Waals surface area (Å²) in [4.78, 5) is 0. The molecule has 1 saturated heterocycles. The largest absolute Gasteiger partial charge is 0.388 e. The lowest BCUT2D eigenvalue weighted by atomic mass is 9.88. The number of piperidine rings is 1. The molecule has 0 spiro atoms. The Hall–Kier alpha value is -0.870. The van der Waals surface area contributed by atoms with Crippen molar-refractivity contribution in [3.05, 3.63) is 17.5 Å². The van der Waals surface area contributed by atoms with Crippen molar-refractivity contribution in [3.8, 4) is 0 Å².